The van der Waals surface area contributed by atoms with Crippen molar-refractivity contribution in [3.05, 3.63) is 0 Å². The Morgan fingerprint density at radius 1 is 0.850 bits per heavy atom. The molecule has 0 aromatic rings. The molecule has 0 bridgehead atoms. The third kappa shape index (κ3) is 6.55. The highest BCUT2D eigenvalue weighted by atomic mass is 15.2. The SMILES string of the molecule is CC(C)(C)C1CCCNC1.CC(C)(C)N1CCNCC1. The molecule has 2 aliphatic rings. The fourth-order valence-electron chi connectivity index (χ4n) is 2.93. The average molecular weight is 284 g/mol. The van der Waals surface area contributed by atoms with E-state index in [1.807, 2.05) is 0 Å². The molecular formula is C17H37N3. The predicted octanol–water partition coefficient (Wildman–Crippen LogP) is 2.72. The molecule has 3 nitrogen and oxygen atoms in total. The normalized spacial score (nSPS) is 25.8. The van der Waals surface area contributed by atoms with Crippen molar-refractivity contribution in [2.45, 2.75) is 59.9 Å². The van der Waals surface area contributed by atoms with Gasteiger partial charge < -0.3 is 10.6 Å². The summed E-state index contributed by atoms with van der Waals surface area (Å²) in [5.41, 5.74) is 0.871. The summed E-state index contributed by atoms with van der Waals surface area (Å²) in [4.78, 5) is 2.52. The van der Waals surface area contributed by atoms with Gasteiger partial charge in [-0.25, -0.2) is 0 Å². The summed E-state index contributed by atoms with van der Waals surface area (Å²) in [5, 5.41) is 6.79. The van der Waals surface area contributed by atoms with E-state index in [9.17, 15) is 0 Å². The molecule has 0 aromatic carbocycles. The third-order valence-electron chi connectivity index (χ3n) is 4.59. The van der Waals surface area contributed by atoms with Crippen LogP contribution in [0.15, 0.2) is 0 Å². The zero-order valence-corrected chi connectivity index (χ0v) is 14.7. The van der Waals surface area contributed by atoms with E-state index in [2.05, 4.69) is 57.1 Å². The van der Waals surface area contributed by atoms with Gasteiger partial charge in [-0.2, -0.15) is 0 Å². The zero-order chi connectivity index (χ0) is 15.2. The van der Waals surface area contributed by atoms with E-state index in [0.717, 1.165) is 19.0 Å². The Morgan fingerprint density at radius 2 is 1.45 bits per heavy atom. The number of nitrogens with one attached hydrogen (secondary N) is 2. The Morgan fingerprint density at radius 3 is 1.75 bits per heavy atom. The number of hydrogen-bond donors (Lipinski definition) is 2. The highest BCUT2D eigenvalue weighted by Gasteiger charge is 2.25. The maximum Gasteiger partial charge on any atom is 0.0126 e. The molecule has 0 radical (unpaired) electrons. The Kier molecular flexibility index (Phi) is 6.96. The van der Waals surface area contributed by atoms with E-state index in [1.54, 1.807) is 0 Å². The first-order chi connectivity index (χ1) is 9.21. The van der Waals surface area contributed by atoms with E-state index in [4.69, 9.17) is 0 Å². The summed E-state index contributed by atoms with van der Waals surface area (Å²) in [7, 11) is 0. The number of rotatable bonds is 0. The molecule has 0 spiro atoms. The van der Waals surface area contributed by atoms with E-state index in [-0.39, 0.29) is 0 Å². The number of piperidine rings is 1. The smallest absolute Gasteiger partial charge is 0.0126 e. The summed E-state index contributed by atoms with van der Waals surface area (Å²) in [5.74, 6) is 0.890. The highest BCUT2D eigenvalue weighted by Crippen LogP contribution is 2.30. The lowest BCUT2D eigenvalue weighted by Gasteiger charge is -2.38. The first kappa shape index (κ1) is 17.9. The number of piperazine rings is 1. The Bertz CT molecular complexity index is 222. The maximum absolute atomic E-state index is 3.44. The fourth-order valence-corrected chi connectivity index (χ4v) is 2.93. The minimum Gasteiger partial charge on any atom is -0.316 e. The van der Waals surface area contributed by atoms with Gasteiger partial charge in [0.2, 0.25) is 0 Å². The van der Waals surface area contributed by atoms with Gasteiger partial charge in [-0.05, 0) is 58.0 Å². The third-order valence-corrected chi connectivity index (χ3v) is 4.59. The van der Waals surface area contributed by atoms with Crippen LogP contribution in [-0.4, -0.2) is 49.7 Å². The summed E-state index contributed by atoms with van der Waals surface area (Å²) in [6.07, 6.45) is 2.78. The van der Waals surface area contributed by atoms with Crippen LogP contribution in [0.25, 0.3) is 0 Å². The maximum atomic E-state index is 3.44. The molecule has 2 N–H and O–H groups in total. The van der Waals surface area contributed by atoms with E-state index >= 15 is 0 Å². The molecule has 3 heteroatoms. The van der Waals surface area contributed by atoms with E-state index in [0.29, 0.717) is 11.0 Å². The molecule has 2 heterocycles. The van der Waals surface area contributed by atoms with Gasteiger partial charge in [0.15, 0.2) is 0 Å². The lowest BCUT2D eigenvalue weighted by atomic mass is 9.77. The van der Waals surface area contributed by atoms with Crippen molar-refractivity contribution < 1.29 is 0 Å². The molecule has 2 aliphatic heterocycles. The summed E-state index contributed by atoms with van der Waals surface area (Å²) in [6.45, 7) is 21.0. The lowest BCUT2D eigenvalue weighted by molar-refractivity contribution is 0.119. The van der Waals surface area contributed by atoms with Crippen molar-refractivity contribution in [1.82, 2.24) is 15.5 Å². The molecule has 120 valence electrons. The molecule has 0 amide bonds. The van der Waals surface area contributed by atoms with Crippen molar-refractivity contribution in [3.63, 3.8) is 0 Å². The average Bonchev–Trinajstić information content (AvgIpc) is 2.40. The molecule has 1 unspecified atom stereocenters. The second-order valence-corrected chi connectivity index (χ2v) is 8.32. The highest BCUT2D eigenvalue weighted by molar-refractivity contribution is 4.80. The Hall–Kier alpha value is -0.120. The Labute approximate surface area is 126 Å². The summed E-state index contributed by atoms with van der Waals surface area (Å²) >= 11 is 0. The van der Waals surface area contributed by atoms with Gasteiger partial charge in [0.1, 0.15) is 0 Å². The Balaban J connectivity index is 0.000000200. The van der Waals surface area contributed by atoms with Gasteiger partial charge in [0, 0.05) is 31.7 Å². The largest absolute Gasteiger partial charge is 0.316 e. The standard InChI is InChI=1S/C9H19N.C8H18N2/c1-9(2,3)8-5-4-6-10-7-8;1-8(2,3)10-6-4-9-5-7-10/h8,10H,4-7H2,1-3H3;9H,4-7H2,1-3H3. The van der Waals surface area contributed by atoms with Gasteiger partial charge in [-0.15, -0.1) is 0 Å². The number of nitrogens with zero attached hydrogens (tertiary/aromatic N) is 1. The van der Waals surface area contributed by atoms with E-state index in [1.165, 1.54) is 39.0 Å². The van der Waals surface area contributed by atoms with Crippen molar-refractivity contribution in [2.24, 2.45) is 11.3 Å². The predicted molar refractivity (Wildman–Crippen MR) is 89.2 cm³/mol. The first-order valence-electron chi connectivity index (χ1n) is 8.38. The molecule has 2 rings (SSSR count). The van der Waals surface area contributed by atoms with Gasteiger partial charge in [-0.1, -0.05) is 20.8 Å². The summed E-state index contributed by atoms with van der Waals surface area (Å²) in [6, 6.07) is 0. The summed E-state index contributed by atoms with van der Waals surface area (Å²) < 4.78 is 0. The monoisotopic (exact) mass is 283 g/mol. The molecule has 0 aromatic heterocycles. The molecule has 1 atom stereocenters. The second-order valence-electron chi connectivity index (χ2n) is 8.32. The van der Waals surface area contributed by atoms with Crippen LogP contribution in [0, 0.1) is 11.3 Å². The molecule has 2 fully saturated rings. The number of hydrogen-bond acceptors (Lipinski definition) is 3. The van der Waals surface area contributed by atoms with Crippen LogP contribution in [0.5, 0.6) is 0 Å². The van der Waals surface area contributed by atoms with Crippen LogP contribution in [0.4, 0.5) is 0 Å². The van der Waals surface area contributed by atoms with Crippen LogP contribution in [0.1, 0.15) is 54.4 Å². The van der Waals surface area contributed by atoms with Gasteiger partial charge in [0.05, 0.1) is 0 Å². The molecule has 20 heavy (non-hydrogen) atoms. The zero-order valence-electron chi connectivity index (χ0n) is 14.7. The van der Waals surface area contributed by atoms with Gasteiger partial charge in [-0.3, -0.25) is 4.90 Å². The molecule has 2 saturated heterocycles. The lowest BCUT2D eigenvalue weighted by Crippen LogP contribution is -2.51. The van der Waals surface area contributed by atoms with Crippen LogP contribution in [0.2, 0.25) is 0 Å². The van der Waals surface area contributed by atoms with Crippen molar-refractivity contribution in [2.75, 3.05) is 39.3 Å². The van der Waals surface area contributed by atoms with Crippen molar-refractivity contribution in [3.8, 4) is 0 Å². The second kappa shape index (κ2) is 7.77. The van der Waals surface area contributed by atoms with Crippen LogP contribution in [-0.2, 0) is 0 Å². The minimum absolute atomic E-state index is 0.363. The van der Waals surface area contributed by atoms with Crippen molar-refractivity contribution >= 4 is 0 Å². The van der Waals surface area contributed by atoms with Gasteiger partial charge >= 0.3 is 0 Å². The molecular weight excluding hydrogens is 246 g/mol. The first-order valence-corrected chi connectivity index (χ1v) is 8.38. The van der Waals surface area contributed by atoms with Crippen LogP contribution >= 0.6 is 0 Å². The minimum atomic E-state index is 0.363. The van der Waals surface area contributed by atoms with E-state index < -0.39 is 0 Å². The van der Waals surface area contributed by atoms with Crippen molar-refractivity contribution in [1.29, 1.82) is 0 Å². The quantitative estimate of drug-likeness (QED) is 0.716. The molecule has 0 saturated carbocycles. The van der Waals surface area contributed by atoms with Crippen LogP contribution in [0.3, 0.4) is 0 Å². The fraction of sp³-hybridized carbons (Fsp3) is 1.00. The van der Waals surface area contributed by atoms with Crippen LogP contribution < -0.4 is 10.6 Å². The topological polar surface area (TPSA) is 27.3 Å². The molecule has 0 aliphatic carbocycles. The van der Waals surface area contributed by atoms with Gasteiger partial charge in [0.25, 0.3) is 0 Å².